The Labute approximate surface area is 236 Å². The van der Waals surface area contributed by atoms with E-state index in [9.17, 15) is 19.5 Å². The van der Waals surface area contributed by atoms with Crippen molar-refractivity contribution in [3.8, 4) is 0 Å². The summed E-state index contributed by atoms with van der Waals surface area (Å²) in [5.41, 5.74) is 1.92. The van der Waals surface area contributed by atoms with Crippen LogP contribution in [0.5, 0.6) is 0 Å². The second kappa shape index (κ2) is 17.2. The SMILES string of the molecule is CCCCCCCCN(C(=O)C(CO)NC(=O)OC(C)(C)C)C(C(=O)NC(C)CCC)c1cc(C)cc(C)c1. The van der Waals surface area contributed by atoms with Gasteiger partial charge in [0.2, 0.25) is 11.8 Å². The number of aliphatic hydroxyl groups excluding tert-OH is 1. The molecule has 3 unspecified atom stereocenters. The van der Waals surface area contributed by atoms with E-state index >= 15 is 0 Å². The molecule has 0 saturated carbocycles. The number of aryl methyl sites for hydroxylation is 2. The molecule has 39 heavy (non-hydrogen) atoms. The van der Waals surface area contributed by atoms with Crippen molar-refractivity contribution in [2.75, 3.05) is 13.2 Å². The van der Waals surface area contributed by atoms with Crippen LogP contribution in [-0.2, 0) is 14.3 Å². The van der Waals surface area contributed by atoms with Gasteiger partial charge in [-0.1, -0.05) is 81.7 Å². The average Bonchev–Trinajstić information content (AvgIpc) is 2.81. The Bertz CT molecular complexity index is 892. The zero-order chi connectivity index (χ0) is 29.6. The van der Waals surface area contributed by atoms with Crippen molar-refractivity contribution in [2.45, 2.75) is 130 Å². The highest BCUT2D eigenvalue weighted by molar-refractivity contribution is 5.92. The lowest BCUT2D eigenvalue weighted by atomic mass is 9.97. The van der Waals surface area contributed by atoms with Crippen LogP contribution in [0.4, 0.5) is 4.79 Å². The monoisotopic (exact) mass is 547 g/mol. The van der Waals surface area contributed by atoms with Crippen molar-refractivity contribution in [1.82, 2.24) is 15.5 Å². The number of nitrogens with zero attached hydrogens (tertiary/aromatic N) is 1. The van der Waals surface area contributed by atoms with E-state index in [0.29, 0.717) is 18.5 Å². The van der Waals surface area contributed by atoms with Crippen molar-refractivity contribution in [1.29, 1.82) is 0 Å². The van der Waals surface area contributed by atoms with Gasteiger partial charge in [-0.15, -0.1) is 0 Å². The number of carbonyl (C=O) groups is 3. The molecule has 0 aliphatic heterocycles. The smallest absolute Gasteiger partial charge is 0.408 e. The highest BCUT2D eigenvalue weighted by Gasteiger charge is 2.36. The van der Waals surface area contributed by atoms with Crippen LogP contribution in [0.3, 0.4) is 0 Å². The van der Waals surface area contributed by atoms with E-state index < -0.39 is 36.3 Å². The van der Waals surface area contributed by atoms with Gasteiger partial charge in [-0.3, -0.25) is 9.59 Å². The van der Waals surface area contributed by atoms with Crippen LogP contribution in [0, 0.1) is 13.8 Å². The molecule has 0 spiro atoms. The lowest BCUT2D eigenvalue weighted by molar-refractivity contribution is -0.143. The Kier molecular flexibility index (Phi) is 15.1. The van der Waals surface area contributed by atoms with Gasteiger partial charge < -0.3 is 25.4 Å². The molecule has 3 amide bonds. The molecular formula is C31H53N3O5. The highest BCUT2D eigenvalue weighted by atomic mass is 16.6. The van der Waals surface area contributed by atoms with Crippen LogP contribution in [0.2, 0.25) is 0 Å². The largest absolute Gasteiger partial charge is 0.444 e. The van der Waals surface area contributed by atoms with E-state index in [1.54, 1.807) is 20.8 Å². The maximum absolute atomic E-state index is 14.0. The fourth-order valence-electron chi connectivity index (χ4n) is 4.73. The minimum absolute atomic E-state index is 0.0598. The van der Waals surface area contributed by atoms with E-state index in [4.69, 9.17) is 4.74 Å². The minimum atomic E-state index is -1.24. The number of hydrogen-bond donors (Lipinski definition) is 3. The zero-order valence-corrected chi connectivity index (χ0v) is 25.6. The van der Waals surface area contributed by atoms with E-state index in [1.165, 1.54) is 4.90 Å². The van der Waals surface area contributed by atoms with E-state index in [-0.39, 0.29) is 11.9 Å². The molecule has 0 saturated heterocycles. The molecule has 0 aromatic heterocycles. The van der Waals surface area contributed by atoms with E-state index in [2.05, 4.69) is 24.5 Å². The molecule has 0 radical (unpaired) electrons. The number of alkyl carbamates (subject to hydrolysis) is 1. The highest BCUT2D eigenvalue weighted by Crippen LogP contribution is 2.26. The maximum Gasteiger partial charge on any atom is 0.408 e. The number of unbranched alkanes of at least 4 members (excludes halogenated alkanes) is 5. The fraction of sp³-hybridized carbons (Fsp3) is 0.710. The van der Waals surface area contributed by atoms with Gasteiger partial charge in [-0.05, 0) is 59.9 Å². The summed E-state index contributed by atoms with van der Waals surface area (Å²) in [6.07, 6.45) is 7.04. The first kappa shape index (κ1) is 34.4. The van der Waals surface area contributed by atoms with Crippen molar-refractivity contribution in [3.05, 3.63) is 34.9 Å². The molecule has 1 aromatic carbocycles. The predicted octanol–water partition coefficient (Wildman–Crippen LogP) is 5.72. The second-order valence-electron chi connectivity index (χ2n) is 11.7. The molecule has 1 aromatic rings. The maximum atomic E-state index is 14.0. The number of ether oxygens (including phenoxy) is 1. The summed E-state index contributed by atoms with van der Waals surface area (Å²) in [6.45, 7) is 15.0. The van der Waals surface area contributed by atoms with Gasteiger partial charge in [0.15, 0.2) is 0 Å². The molecule has 8 nitrogen and oxygen atoms in total. The van der Waals surface area contributed by atoms with Crippen LogP contribution in [0.25, 0.3) is 0 Å². The van der Waals surface area contributed by atoms with Gasteiger partial charge in [0.25, 0.3) is 0 Å². The first-order valence-electron chi connectivity index (χ1n) is 14.6. The third-order valence-electron chi connectivity index (χ3n) is 6.44. The summed E-state index contributed by atoms with van der Waals surface area (Å²) in [7, 11) is 0. The number of aliphatic hydroxyl groups is 1. The Morgan fingerprint density at radius 3 is 2.05 bits per heavy atom. The van der Waals surface area contributed by atoms with Crippen molar-refractivity contribution in [2.24, 2.45) is 0 Å². The number of carbonyl (C=O) groups excluding carboxylic acids is 3. The third-order valence-corrected chi connectivity index (χ3v) is 6.44. The summed E-state index contributed by atoms with van der Waals surface area (Å²) < 4.78 is 5.33. The van der Waals surface area contributed by atoms with Gasteiger partial charge >= 0.3 is 6.09 Å². The van der Waals surface area contributed by atoms with Crippen LogP contribution in [0.1, 0.15) is 116 Å². The Hall–Kier alpha value is -2.61. The molecule has 3 N–H and O–H groups in total. The first-order valence-corrected chi connectivity index (χ1v) is 14.6. The first-order chi connectivity index (χ1) is 18.3. The van der Waals surface area contributed by atoms with Crippen LogP contribution in [0.15, 0.2) is 18.2 Å². The van der Waals surface area contributed by atoms with Crippen LogP contribution < -0.4 is 10.6 Å². The molecule has 0 fully saturated rings. The van der Waals surface area contributed by atoms with Gasteiger partial charge in [-0.2, -0.15) is 0 Å². The molecule has 0 heterocycles. The normalized spacial score (nSPS) is 13.8. The molecule has 3 atom stereocenters. The topological polar surface area (TPSA) is 108 Å². The summed E-state index contributed by atoms with van der Waals surface area (Å²) in [5.74, 6) is -0.784. The Morgan fingerprint density at radius 2 is 1.51 bits per heavy atom. The lowest BCUT2D eigenvalue weighted by Gasteiger charge is -2.35. The number of benzene rings is 1. The van der Waals surface area contributed by atoms with Crippen molar-refractivity contribution in [3.63, 3.8) is 0 Å². The average molecular weight is 548 g/mol. The number of nitrogens with one attached hydrogen (secondary N) is 2. The molecule has 0 aliphatic carbocycles. The number of hydrogen-bond acceptors (Lipinski definition) is 5. The van der Waals surface area contributed by atoms with Crippen molar-refractivity contribution < 1.29 is 24.2 Å². The summed E-state index contributed by atoms with van der Waals surface area (Å²) in [4.78, 5) is 41.8. The summed E-state index contributed by atoms with van der Waals surface area (Å²) in [5, 5.41) is 15.7. The summed E-state index contributed by atoms with van der Waals surface area (Å²) in [6, 6.07) is 3.68. The molecule has 0 bridgehead atoms. The third kappa shape index (κ3) is 12.9. The second-order valence-corrected chi connectivity index (χ2v) is 11.7. The van der Waals surface area contributed by atoms with E-state index in [0.717, 1.165) is 56.1 Å². The molecule has 222 valence electrons. The zero-order valence-electron chi connectivity index (χ0n) is 25.6. The van der Waals surface area contributed by atoms with Crippen LogP contribution in [-0.4, -0.2) is 58.8 Å². The summed E-state index contributed by atoms with van der Waals surface area (Å²) >= 11 is 0. The fourth-order valence-corrected chi connectivity index (χ4v) is 4.73. The lowest BCUT2D eigenvalue weighted by Crippen LogP contribution is -2.55. The van der Waals surface area contributed by atoms with Crippen molar-refractivity contribution >= 4 is 17.9 Å². The number of rotatable bonds is 16. The van der Waals surface area contributed by atoms with Gasteiger partial charge in [0, 0.05) is 12.6 Å². The van der Waals surface area contributed by atoms with Gasteiger partial charge in [-0.25, -0.2) is 4.79 Å². The van der Waals surface area contributed by atoms with Crippen LogP contribution >= 0.6 is 0 Å². The Morgan fingerprint density at radius 1 is 0.923 bits per heavy atom. The molecule has 0 aliphatic rings. The quantitative estimate of drug-likeness (QED) is 0.229. The van der Waals surface area contributed by atoms with E-state index in [1.807, 2.05) is 39.0 Å². The molecule has 8 heteroatoms. The van der Waals surface area contributed by atoms with Gasteiger partial charge in [0.1, 0.15) is 17.7 Å². The van der Waals surface area contributed by atoms with Gasteiger partial charge in [0.05, 0.1) is 6.61 Å². The molecule has 1 rings (SSSR count). The minimum Gasteiger partial charge on any atom is -0.444 e. The predicted molar refractivity (Wildman–Crippen MR) is 157 cm³/mol. The molecular weight excluding hydrogens is 494 g/mol. The number of amides is 3. The standard InChI is InChI=1S/C31H53N3O5/c1-9-11-12-13-14-15-17-34(29(37)26(21-35)33-30(38)39-31(6,7)8)27(28(36)32-24(5)16-10-2)25-19-22(3)18-23(4)20-25/h18-20,24,26-27,35H,9-17,21H2,1-8H3,(H,32,36)(H,33,38). The Balaban J connectivity index is 3.42.